The van der Waals surface area contributed by atoms with Gasteiger partial charge in [0.15, 0.2) is 15.8 Å². The predicted molar refractivity (Wildman–Crippen MR) is 111 cm³/mol. The second-order valence-electron chi connectivity index (χ2n) is 7.95. The molecule has 0 aromatic rings. The molecule has 3 aliphatic heterocycles. The first kappa shape index (κ1) is 21.5. The van der Waals surface area contributed by atoms with Crippen molar-refractivity contribution in [2.45, 2.75) is 50.5 Å². The van der Waals surface area contributed by atoms with Crippen LogP contribution in [0.1, 0.15) is 33.6 Å². The van der Waals surface area contributed by atoms with E-state index >= 15 is 0 Å². The van der Waals surface area contributed by atoms with E-state index in [9.17, 15) is 13.2 Å². The Morgan fingerprint density at radius 2 is 2.08 bits per heavy atom. The molecule has 2 unspecified atom stereocenters. The molecule has 10 heteroatoms. The number of fused-ring (bicyclic) bond motifs is 1. The normalized spacial score (nSPS) is 27.4. The zero-order chi connectivity index (χ0) is 18.2. The maximum absolute atomic E-state index is 12.2. The second-order valence-corrected chi connectivity index (χ2v) is 10.4. The molecular formula is C16H29IN4O4S. The Labute approximate surface area is 172 Å². The van der Waals surface area contributed by atoms with Crippen LogP contribution in [0.2, 0.25) is 0 Å². The zero-order valence-electron chi connectivity index (χ0n) is 15.6. The van der Waals surface area contributed by atoms with Crippen molar-refractivity contribution in [2.75, 3.05) is 38.5 Å². The van der Waals surface area contributed by atoms with Gasteiger partial charge in [-0.2, -0.15) is 0 Å². The van der Waals surface area contributed by atoms with E-state index < -0.39 is 15.4 Å². The third-order valence-corrected chi connectivity index (χ3v) is 7.08. The van der Waals surface area contributed by atoms with Crippen molar-refractivity contribution in [3.63, 3.8) is 0 Å². The number of sulfone groups is 1. The van der Waals surface area contributed by atoms with Crippen LogP contribution in [0, 0.1) is 0 Å². The quantitative estimate of drug-likeness (QED) is 0.571. The number of aliphatic imine (C=N–C) groups is 1. The van der Waals surface area contributed by atoms with E-state index in [1.807, 2.05) is 20.8 Å². The van der Waals surface area contributed by atoms with E-state index in [2.05, 4.69) is 15.2 Å². The van der Waals surface area contributed by atoms with Gasteiger partial charge in [-0.3, -0.25) is 4.99 Å². The number of halogens is 1. The third-order valence-electron chi connectivity index (χ3n) is 4.81. The van der Waals surface area contributed by atoms with Crippen molar-refractivity contribution in [3.8, 4) is 0 Å². The van der Waals surface area contributed by atoms with Crippen LogP contribution >= 0.6 is 24.0 Å². The number of carbonyl (C=O) groups is 1. The number of nitrogens with zero attached hydrogens (tertiary/aromatic N) is 3. The minimum atomic E-state index is -2.95. The fourth-order valence-electron chi connectivity index (χ4n) is 3.52. The number of hydrogen-bond donors (Lipinski definition) is 1. The van der Waals surface area contributed by atoms with Gasteiger partial charge in [0.2, 0.25) is 0 Å². The first-order chi connectivity index (χ1) is 11.7. The standard InChI is InChI=1S/C16H28N4O4S.HI/c1-16(2,3)24-15(21)19-6-7-20-12(11-19)9-17-14(20)18-10-13-5-4-8-25(13,22)23;/h12-13H,4-11H2,1-3H3,(H,17,18);1H. The number of amides is 1. The topological polar surface area (TPSA) is 91.3 Å². The summed E-state index contributed by atoms with van der Waals surface area (Å²) in [6, 6.07) is 0.129. The monoisotopic (exact) mass is 500 g/mol. The molecule has 0 saturated carbocycles. The van der Waals surface area contributed by atoms with Crippen LogP contribution in [-0.4, -0.2) is 85.6 Å². The fourth-order valence-corrected chi connectivity index (χ4v) is 5.28. The first-order valence-corrected chi connectivity index (χ1v) is 10.6. The number of nitrogens with one attached hydrogen (secondary N) is 1. The molecule has 8 nitrogen and oxygen atoms in total. The molecule has 0 bridgehead atoms. The molecule has 2 saturated heterocycles. The summed E-state index contributed by atoms with van der Waals surface area (Å²) in [5, 5.41) is 2.91. The highest BCUT2D eigenvalue weighted by Crippen LogP contribution is 2.21. The minimum Gasteiger partial charge on any atom is -0.444 e. The molecule has 3 rings (SSSR count). The van der Waals surface area contributed by atoms with Gasteiger partial charge in [-0.05, 0) is 33.6 Å². The second kappa shape index (κ2) is 8.07. The maximum Gasteiger partial charge on any atom is 0.410 e. The molecule has 0 aromatic heterocycles. The van der Waals surface area contributed by atoms with Gasteiger partial charge in [-0.1, -0.05) is 0 Å². The molecule has 3 heterocycles. The SMILES string of the molecule is CC(C)(C)OC(=O)N1CCN2C(NCC3CCCS3(=O)=O)=NCC2C1.I. The van der Waals surface area contributed by atoms with Crippen LogP contribution in [-0.2, 0) is 14.6 Å². The molecular weight excluding hydrogens is 471 g/mol. The summed E-state index contributed by atoms with van der Waals surface area (Å²) in [5.41, 5.74) is -0.500. The van der Waals surface area contributed by atoms with E-state index in [0.717, 1.165) is 18.8 Å². The summed E-state index contributed by atoms with van der Waals surface area (Å²) in [7, 11) is -2.95. The molecule has 150 valence electrons. The third kappa shape index (κ3) is 4.93. The Kier molecular flexibility index (Phi) is 6.68. The fraction of sp³-hybridized carbons (Fsp3) is 0.875. The number of hydrogen-bond acceptors (Lipinski definition) is 7. The molecule has 1 N–H and O–H groups in total. The van der Waals surface area contributed by atoms with E-state index in [4.69, 9.17) is 4.74 Å². The summed E-state index contributed by atoms with van der Waals surface area (Å²) < 4.78 is 29.3. The van der Waals surface area contributed by atoms with Crippen LogP contribution in [0.5, 0.6) is 0 Å². The Bertz CT molecular complexity index is 662. The number of piperazine rings is 1. The van der Waals surface area contributed by atoms with Crippen molar-refractivity contribution in [1.29, 1.82) is 0 Å². The summed E-state index contributed by atoms with van der Waals surface area (Å²) >= 11 is 0. The van der Waals surface area contributed by atoms with Crippen molar-refractivity contribution in [3.05, 3.63) is 0 Å². The van der Waals surface area contributed by atoms with Crippen LogP contribution < -0.4 is 5.32 Å². The molecule has 0 aliphatic carbocycles. The average Bonchev–Trinajstić information content (AvgIpc) is 3.05. The van der Waals surface area contributed by atoms with Crippen LogP contribution in [0.25, 0.3) is 0 Å². The Balaban J connectivity index is 0.00000243. The molecule has 0 spiro atoms. The van der Waals surface area contributed by atoms with Gasteiger partial charge in [-0.25, -0.2) is 13.2 Å². The molecule has 2 fully saturated rings. The van der Waals surface area contributed by atoms with Crippen molar-refractivity contribution >= 4 is 45.9 Å². The summed E-state index contributed by atoms with van der Waals surface area (Å²) in [6.45, 7) is 8.43. The number of rotatable bonds is 2. The highest BCUT2D eigenvalue weighted by Gasteiger charge is 2.37. The molecule has 26 heavy (non-hydrogen) atoms. The summed E-state index contributed by atoms with van der Waals surface area (Å²) in [5.74, 6) is 1.05. The predicted octanol–water partition coefficient (Wildman–Crippen LogP) is 1.06. The average molecular weight is 500 g/mol. The number of carbonyl (C=O) groups excluding carboxylic acids is 1. The molecule has 1 amide bonds. The molecule has 2 atom stereocenters. The summed E-state index contributed by atoms with van der Waals surface area (Å²) in [4.78, 5) is 20.6. The van der Waals surface area contributed by atoms with E-state index in [1.54, 1.807) is 4.90 Å². The van der Waals surface area contributed by atoms with Gasteiger partial charge >= 0.3 is 6.09 Å². The first-order valence-electron chi connectivity index (χ1n) is 8.90. The lowest BCUT2D eigenvalue weighted by atomic mass is 10.2. The maximum atomic E-state index is 12.2. The van der Waals surface area contributed by atoms with Crippen molar-refractivity contribution < 1.29 is 17.9 Å². The van der Waals surface area contributed by atoms with Gasteiger partial charge < -0.3 is 19.9 Å². The Morgan fingerprint density at radius 3 is 2.69 bits per heavy atom. The van der Waals surface area contributed by atoms with E-state index in [0.29, 0.717) is 38.5 Å². The van der Waals surface area contributed by atoms with Crippen LogP contribution in [0.15, 0.2) is 4.99 Å². The van der Waals surface area contributed by atoms with Crippen molar-refractivity contribution in [1.82, 2.24) is 15.1 Å². The van der Waals surface area contributed by atoms with Crippen molar-refractivity contribution in [2.24, 2.45) is 4.99 Å². The number of guanidine groups is 1. The van der Waals surface area contributed by atoms with Crippen LogP contribution in [0.4, 0.5) is 4.79 Å². The lowest BCUT2D eigenvalue weighted by Crippen LogP contribution is -2.58. The van der Waals surface area contributed by atoms with Gasteiger partial charge in [0, 0.05) is 26.2 Å². The van der Waals surface area contributed by atoms with E-state index in [1.165, 1.54) is 0 Å². The van der Waals surface area contributed by atoms with Crippen LogP contribution in [0.3, 0.4) is 0 Å². The highest BCUT2D eigenvalue weighted by molar-refractivity contribution is 14.0. The lowest BCUT2D eigenvalue weighted by molar-refractivity contribution is 0.0137. The smallest absolute Gasteiger partial charge is 0.410 e. The molecule has 0 aromatic carbocycles. The van der Waals surface area contributed by atoms with Gasteiger partial charge in [0.25, 0.3) is 0 Å². The zero-order valence-corrected chi connectivity index (χ0v) is 18.7. The lowest BCUT2D eigenvalue weighted by Gasteiger charge is -2.39. The highest BCUT2D eigenvalue weighted by atomic mass is 127. The van der Waals surface area contributed by atoms with Gasteiger partial charge in [0.1, 0.15) is 5.60 Å². The number of ether oxygens (including phenoxy) is 1. The Hall–Kier alpha value is -0.780. The molecule has 0 radical (unpaired) electrons. The van der Waals surface area contributed by atoms with Gasteiger partial charge in [-0.15, -0.1) is 24.0 Å². The minimum absolute atomic E-state index is 0. The summed E-state index contributed by atoms with van der Waals surface area (Å²) in [6.07, 6.45) is 1.18. The van der Waals surface area contributed by atoms with E-state index in [-0.39, 0.29) is 41.4 Å². The largest absolute Gasteiger partial charge is 0.444 e. The van der Waals surface area contributed by atoms with Gasteiger partial charge in [0.05, 0.1) is 23.6 Å². The Morgan fingerprint density at radius 1 is 1.35 bits per heavy atom. The molecule has 3 aliphatic rings.